The molecular weight excluding hydrogens is 342 g/mol. The topological polar surface area (TPSA) is 75.7 Å². The molecule has 0 radical (unpaired) electrons. The fraction of sp³-hybridized carbons (Fsp3) is 0.800. The molecule has 2 aliphatic rings. The smallest absolute Gasteiger partial charge is 0.274 e. The summed E-state index contributed by atoms with van der Waals surface area (Å²) in [6, 6.07) is 1.89. The summed E-state index contributed by atoms with van der Waals surface area (Å²) in [6.07, 6.45) is 5.38. The summed E-state index contributed by atoms with van der Waals surface area (Å²) in [5, 5.41) is 18.3. The number of aliphatic hydroxyl groups is 1. The number of aromatic amines is 1. The molecule has 2 saturated heterocycles. The summed E-state index contributed by atoms with van der Waals surface area (Å²) >= 11 is 0. The van der Waals surface area contributed by atoms with Crippen molar-refractivity contribution in [2.45, 2.75) is 51.0 Å². The van der Waals surface area contributed by atoms with Crippen molar-refractivity contribution in [2.24, 2.45) is 0 Å². The van der Waals surface area contributed by atoms with Gasteiger partial charge >= 0.3 is 0 Å². The number of unbranched alkanes of at least 4 members (excludes halogenated alkanes) is 1. The number of likely N-dealkylation sites (tertiary alicyclic amines) is 1. The number of amides is 1. The molecule has 2 fully saturated rings. The van der Waals surface area contributed by atoms with Crippen LogP contribution in [0.25, 0.3) is 0 Å². The van der Waals surface area contributed by atoms with E-state index in [0.29, 0.717) is 31.7 Å². The van der Waals surface area contributed by atoms with Crippen molar-refractivity contribution in [3.63, 3.8) is 0 Å². The van der Waals surface area contributed by atoms with Crippen LogP contribution in [0, 0.1) is 0 Å². The van der Waals surface area contributed by atoms with Crippen LogP contribution in [0.5, 0.6) is 0 Å². The van der Waals surface area contributed by atoms with Gasteiger partial charge in [0.05, 0.1) is 5.60 Å². The van der Waals surface area contributed by atoms with Gasteiger partial charge in [0, 0.05) is 51.5 Å². The Morgan fingerprint density at radius 1 is 1.22 bits per heavy atom. The van der Waals surface area contributed by atoms with Crippen molar-refractivity contribution in [3.05, 3.63) is 17.5 Å². The Kier molecular flexibility index (Phi) is 6.89. The first kappa shape index (κ1) is 20.3. The fourth-order valence-corrected chi connectivity index (χ4v) is 4.09. The van der Waals surface area contributed by atoms with E-state index in [2.05, 4.69) is 34.0 Å². The molecule has 1 unspecified atom stereocenters. The number of likely N-dealkylation sites (N-methyl/N-ethyl adjacent to an activating group) is 1. The van der Waals surface area contributed by atoms with Crippen LogP contribution in [0.15, 0.2) is 6.07 Å². The number of piperazine rings is 1. The normalized spacial score (nSPS) is 25.5. The lowest BCUT2D eigenvalue weighted by Gasteiger charge is -2.38. The molecule has 3 rings (SSSR count). The molecule has 7 nitrogen and oxygen atoms in total. The largest absolute Gasteiger partial charge is 0.388 e. The van der Waals surface area contributed by atoms with Gasteiger partial charge in [-0.15, -0.1) is 0 Å². The van der Waals surface area contributed by atoms with Gasteiger partial charge in [-0.1, -0.05) is 13.3 Å². The number of hydrogen-bond acceptors (Lipinski definition) is 5. The molecule has 152 valence electrons. The highest BCUT2D eigenvalue weighted by atomic mass is 16.3. The summed E-state index contributed by atoms with van der Waals surface area (Å²) < 4.78 is 0. The van der Waals surface area contributed by atoms with Gasteiger partial charge in [0.25, 0.3) is 5.91 Å². The van der Waals surface area contributed by atoms with Crippen molar-refractivity contribution >= 4 is 5.91 Å². The molecule has 1 amide bonds. The number of rotatable bonds is 6. The molecule has 1 aromatic heterocycles. The van der Waals surface area contributed by atoms with E-state index in [1.165, 1.54) is 0 Å². The molecule has 7 heteroatoms. The van der Waals surface area contributed by atoms with Gasteiger partial charge in [-0.2, -0.15) is 5.10 Å². The molecule has 0 aliphatic carbocycles. The zero-order valence-corrected chi connectivity index (χ0v) is 16.9. The van der Waals surface area contributed by atoms with E-state index in [9.17, 15) is 9.90 Å². The highest BCUT2D eigenvalue weighted by molar-refractivity contribution is 5.92. The number of aryl methyl sites for hydroxylation is 1. The Morgan fingerprint density at radius 2 is 2.00 bits per heavy atom. The first-order valence-electron chi connectivity index (χ1n) is 10.5. The summed E-state index contributed by atoms with van der Waals surface area (Å²) in [7, 11) is 2.14. The third-order valence-corrected chi connectivity index (χ3v) is 5.97. The quantitative estimate of drug-likeness (QED) is 0.783. The highest BCUT2D eigenvalue weighted by Gasteiger charge is 2.34. The molecule has 0 bridgehead atoms. The van der Waals surface area contributed by atoms with Crippen molar-refractivity contribution < 1.29 is 9.90 Å². The third kappa shape index (κ3) is 5.53. The fourth-order valence-electron chi connectivity index (χ4n) is 4.09. The highest BCUT2D eigenvalue weighted by Crippen LogP contribution is 2.25. The van der Waals surface area contributed by atoms with Crippen molar-refractivity contribution in [1.82, 2.24) is 24.9 Å². The number of nitrogens with zero attached hydrogens (tertiary/aromatic N) is 4. The second-order valence-electron chi connectivity index (χ2n) is 8.33. The summed E-state index contributed by atoms with van der Waals surface area (Å²) in [4.78, 5) is 19.4. The molecule has 2 aliphatic heterocycles. The maximum absolute atomic E-state index is 12.8. The first-order valence-corrected chi connectivity index (χ1v) is 10.5. The van der Waals surface area contributed by atoms with Gasteiger partial charge in [0.1, 0.15) is 5.69 Å². The number of carbonyl (C=O) groups excluding carboxylic acids is 1. The van der Waals surface area contributed by atoms with Crippen molar-refractivity contribution in [3.8, 4) is 0 Å². The summed E-state index contributed by atoms with van der Waals surface area (Å²) in [5.41, 5.74) is 0.843. The average Bonchev–Trinajstić information content (AvgIpc) is 3.04. The SMILES string of the molecule is CCCCc1cc(C(=O)N2CCCC(O)(CN3CCN(C)CC3)CC2)n[nH]1. The van der Waals surface area contributed by atoms with Crippen LogP contribution in [0.2, 0.25) is 0 Å². The molecule has 2 N–H and O–H groups in total. The van der Waals surface area contributed by atoms with Gasteiger partial charge in [-0.3, -0.25) is 14.8 Å². The molecule has 1 aromatic rings. The number of β-amino-alcohol motifs (C(OH)–C–C–N with tert-alkyl or cyclic N) is 1. The predicted octanol–water partition coefficient (Wildman–Crippen LogP) is 1.36. The lowest BCUT2D eigenvalue weighted by atomic mass is 9.94. The van der Waals surface area contributed by atoms with Gasteiger partial charge in [0.15, 0.2) is 0 Å². The molecule has 0 saturated carbocycles. The summed E-state index contributed by atoms with van der Waals surface area (Å²) in [5.74, 6) is -0.0159. The van der Waals surface area contributed by atoms with E-state index in [0.717, 1.165) is 64.0 Å². The van der Waals surface area contributed by atoms with Crippen LogP contribution in [-0.2, 0) is 6.42 Å². The average molecular weight is 378 g/mol. The second kappa shape index (κ2) is 9.17. The Bertz CT molecular complexity index is 611. The van der Waals surface area contributed by atoms with E-state index in [1.54, 1.807) is 0 Å². The monoisotopic (exact) mass is 377 g/mol. The maximum Gasteiger partial charge on any atom is 0.274 e. The zero-order valence-electron chi connectivity index (χ0n) is 16.9. The van der Waals surface area contributed by atoms with Crippen molar-refractivity contribution in [2.75, 3.05) is 52.9 Å². The number of hydrogen-bond donors (Lipinski definition) is 2. The minimum Gasteiger partial charge on any atom is -0.388 e. The Balaban J connectivity index is 1.54. The van der Waals surface area contributed by atoms with Gasteiger partial charge in [-0.05, 0) is 45.2 Å². The van der Waals surface area contributed by atoms with E-state index in [1.807, 2.05) is 11.0 Å². The van der Waals surface area contributed by atoms with Gasteiger partial charge < -0.3 is 14.9 Å². The van der Waals surface area contributed by atoms with Crippen molar-refractivity contribution in [1.29, 1.82) is 0 Å². The maximum atomic E-state index is 12.8. The van der Waals surface area contributed by atoms with Crippen LogP contribution in [0.4, 0.5) is 0 Å². The van der Waals surface area contributed by atoms with E-state index in [-0.39, 0.29) is 5.91 Å². The zero-order chi connectivity index (χ0) is 19.3. The lowest BCUT2D eigenvalue weighted by molar-refractivity contribution is -0.0179. The molecule has 0 aromatic carbocycles. The van der Waals surface area contributed by atoms with Crippen LogP contribution >= 0.6 is 0 Å². The molecule has 1 atom stereocenters. The number of H-pyrrole nitrogens is 1. The van der Waals surface area contributed by atoms with Crippen LogP contribution < -0.4 is 0 Å². The van der Waals surface area contributed by atoms with Gasteiger partial charge in [0.2, 0.25) is 0 Å². The standard InChI is InChI=1S/C20H35N5O2/c1-3-4-6-17-15-18(22-21-17)19(26)25-9-5-7-20(27,8-10-25)16-24-13-11-23(2)12-14-24/h15,27H,3-14,16H2,1-2H3,(H,21,22). The Hall–Kier alpha value is -1.44. The van der Waals surface area contributed by atoms with E-state index in [4.69, 9.17) is 0 Å². The van der Waals surface area contributed by atoms with E-state index < -0.39 is 5.60 Å². The van der Waals surface area contributed by atoms with Crippen LogP contribution in [0.1, 0.15) is 55.2 Å². The minimum absolute atomic E-state index is 0.0159. The van der Waals surface area contributed by atoms with Crippen LogP contribution in [-0.4, -0.2) is 94.4 Å². The second-order valence-corrected chi connectivity index (χ2v) is 8.33. The minimum atomic E-state index is -0.692. The van der Waals surface area contributed by atoms with E-state index >= 15 is 0 Å². The summed E-state index contributed by atoms with van der Waals surface area (Å²) in [6.45, 7) is 8.29. The lowest BCUT2D eigenvalue weighted by Crippen LogP contribution is -2.51. The Labute approximate surface area is 162 Å². The molecule has 3 heterocycles. The molecule has 27 heavy (non-hydrogen) atoms. The third-order valence-electron chi connectivity index (χ3n) is 5.97. The molecular formula is C20H35N5O2. The number of nitrogens with one attached hydrogen (secondary N) is 1. The first-order chi connectivity index (χ1) is 13.0. The number of aromatic nitrogens is 2. The predicted molar refractivity (Wildman–Crippen MR) is 106 cm³/mol. The van der Waals surface area contributed by atoms with Crippen LogP contribution in [0.3, 0.4) is 0 Å². The molecule has 0 spiro atoms. The number of carbonyl (C=O) groups is 1. The Morgan fingerprint density at radius 3 is 2.74 bits per heavy atom. The van der Waals surface area contributed by atoms with Gasteiger partial charge in [-0.25, -0.2) is 0 Å².